The fourth-order valence-electron chi connectivity index (χ4n) is 1.68. The maximum Gasteiger partial charge on any atom is 0.335 e. The first kappa shape index (κ1) is 9.52. The number of benzene rings is 1. The number of rotatable bonds is 2. The van der Waals surface area contributed by atoms with E-state index >= 15 is 0 Å². The predicted molar refractivity (Wildman–Crippen MR) is 59.6 cm³/mol. The molecule has 1 N–H and O–H groups in total. The van der Waals surface area contributed by atoms with Gasteiger partial charge >= 0.3 is 5.97 Å². The molecule has 1 heterocycles. The van der Waals surface area contributed by atoms with E-state index in [9.17, 15) is 4.79 Å². The number of hydrogen-bond donors (Lipinski definition) is 1. The number of fused-ring (bicyclic) bond motifs is 1. The van der Waals surface area contributed by atoms with Gasteiger partial charge < -0.3 is 9.67 Å². The van der Waals surface area contributed by atoms with Crippen LogP contribution in [0.5, 0.6) is 0 Å². The summed E-state index contributed by atoms with van der Waals surface area (Å²) < 4.78 is 1.95. The van der Waals surface area contributed by atoms with E-state index in [2.05, 4.69) is 6.58 Å². The quantitative estimate of drug-likeness (QED) is 0.757. The van der Waals surface area contributed by atoms with Crippen LogP contribution in [0.3, 0.4) is 0 Å². The highest BCUT2D eigenvalue weighted by molar-refractivity contribution is 6.18. The Balaban J connectivity index is 2.71. The monoisotopic (exact) mass is 201 g/mol. The van der Waals surface area contributed by atoms with Gasteiger partial charge in [-0.1, -0.05) is 18.7 Å². The molecular weight excluding hydrogens is 190 g/mol. The Morgan fingerprint density at radius 1 is 1.40 bits per heavy atom. The number of aromatic nitrogens is 1. The Kier molecular flexibility index (Phi) is 2.08. The van der Waals surface area contributed by atoms with Crippen molar-refractivity contribution >= 4 is 22.4 Å². The third-order valence-corrected chi connectivity index (χ3v) is 2.51. The van der Waals surface area contributed by atoms with Crippen LogP contribution in [0.15, 0.2) is 37.0 Å². The van der Waals surface area contributed by atoms with E-state index in [0.717, 1.165) is 10.9 Å². The van der Waals surface area contributed by atoms with E-state index in [-0.39, 0.29) is 5.57 Å². The van der Waals surface area contributed by atoms with Crippen LogP contribution in [0, 0.1) is 0 Å². The second kappa shape index (κ2) is 3.28. The van der Waals surface area contributed by atoms with Crippen LogP contribution in [0.1, 0.15) is 5.56 Å². The summed E-state index contributed by atoms with van der Waals surface area (Å²) in [5, 5.41) is 9.82. The van der Waals surface area contributed by atoms with Gasteiger partial charge in [-0.15, -0.1) is 0 Å². The summed E-state index contributed by atoms with van der Waals surface area (Å²) in [6.07, 6.45) is 1.91. The molecule has 3 heteroatoms. The van der Waals surface area contributed by atoms with Crippen LogP contribution < -0.4 is 0 Å². The van der Waals surface area contributed by atoms with Gasteiger partial charge in [0.15, 0.2) is 0 Å². The summed E-state index contributed by atoms with van der Waals surface area (Å²) in [5.74, 6) is -0.980. The van der Waals surface area contributed by atoms with Crippen molar-refractivity contribution in [1.29, 1.82) is 0 Å². The van der Waals surface area contributed by atoms with Crippen molar-refractivity contribution in [3.05, 3.63) is 42.6 Å². The zero-order chi connectivity index (χ0) is 11.0. The lowest BCUT2D eigenvalue weighted by atomic mass is 10.0. The van der Waals surface area contributed by atoms with Gasteiger partial charge in [0.05, 0.1) is 5.57 Å². The molecular formula is C12H11NO2. The largest absolute Gasteiger partial charge is 0.478 e. The van der Waals surface area contributed by atoms with E-state index in [1.54, 1.807) is 6.07 Å². The van der Waals surface area contributed by atoms with Crippen LogP contribution >= 0.6 is 0 Å². The number of carboxylic acids is 1. The first-order chi connectivity index (χ1) is 7.11. The van der Waals surface area contributed by atoms with Gasteiger partial charge in [-0.3, -0.25) is 0 Å². The number of carbonyl (C=O) groups is 1. The van der Waals surface area contributed by atoms with Gasteiger partial charge in [0.1, 0.15) is 0 Å². The molecule has 0 aliphatic rings. The first-order valence-corrected chi connectivity index (χ1v) is 4.58. The van der Waals surface area contributed by atoms with E-state index in [4.69, 9.17) is 5.11 Å². The molecule has 0 aliphatic carbocycles. The van der Waals surface area contributed by atoms with Crippen LogP contribution in [0.4, 0.5) is 0 Å². The third kappa shape index (κ3) is 1.42. The molecule has 76 valence electrons. The molecule has 0 unspecified atom stereocenters. The average molecular weight is 201 g/mol. The highest BCUT2D eigenvalue weighted by Crippen LogP contribution is 2.24. The number of aliphatic carboxylic acids is 1. The van der Waals surface area contributed by atoms with E-state index < -0.39 is 5.97 Å². The van der Waals surface area contributed by atoms with Crippen LogP contribution in [0.2, 0.25) is 0 Å². The molecule has 0 bridgehead atoms. The van der Waals surface area contributed by atoms with Gasteiger partial charge in [-0.25, -0.2) is 4.79 Å². The molecule has 0 spiro atoms. The molecule has 0 fully saturated rings. The summed E-state index contributed by atoms with van der Waals surface area (Å²) in [6, 6.07) is 7.47. The molecule has 3 nitrogen and oxygen atoms in total. The smallest absolute Gasteiger partial charge is 0.335 e. The zero-order valence-electron chi connectivity index (χ0n) is 8.40. The van der Waals surface area contributed by atoms with Crippen molar-refractivity contribution in [3.8, 4) is 0 Å². The summed E-state index contributed by atoms with van der Waals surface area (Å²) in [4.78, 5) is 10.8. The fraction of sp³-hybridized carbons (Fsp3) is 0.0833. The molecule has 1 aromatic carbocycles. The molecule has 0 radical (unpaired) electrons. The zero-order valence-corrected chi connectivity index (χ0v) is 8.40. The second-order valence-electron chi connectivity index (χ2n) is 3.45. The lowest BCUT2D eigenvalue weighted by Crippen LogP contribution is -1.98. The summed E-state index contributed by atoms with van der Waals surface area (Å²) >= 11 is 0. The van der Waals surface area contributed by atoms with Gasteiger partial charge in [0.25, 0.3) is 0 Å². The molecule has 0 amide bonds. The molecule has 0 atom stereocenters. The number of nitrogens with zero attached hydrogens (tertiary/aromatic N) is 1. The topological polar surface area (TPSA) is 42.2 Å². The number of carboxylic acid groups (broad SMARTS) is 1. The summed E-state index contributed by atoms with van der Waals surface area (Å²) in [7, 11) is 1.93. The lowest BCUT2D eigenvalue weighted by Gasteiger charge is -2.03. The molecule has 15 heavy (non-hydrogen) atoms. The molecule has 1 aromatic heterocycles. The minimum atomic E-state index is -0.980. The maximum atomic E-state index is 10.8. The van der Waals surface area contributed by atoms with Crippen molar-refractivity contribution in [2.75, 3.05) is 0 Å². The van der Waals surface area contributed by atoms with Gasteiger partial charge in [-0.2, -0.15) is 0 Å². The van der Waals surface area contributed by atoms with Crippen molar-refractivity contribution < 1.29 is 9.90 Å². The summed E-state index contributed by atoms with van der Waals surface area (Å²) in [5.41, 5.74) is 1.82. The average Bonchev–Trinajstić information content (AvgIpc) is 2.59. The molecule has 2 rings (SSSR count). The van der Waals surface area contributed by atoms with Crippen molar-refractivity contribution in [2.45, 2.75) is 0 Å². The van der Waals surface area contributed by atoms with Crippen molar-refractivity contribution in [2.24, 2.45) is 7.05 Å². The minimum Gasteiger partial charge on any atom is -0.478 e. The van der Waals surface area contributed by atoms with E-state index in [1.165, 1.54) is 0 Å². The SMILES string of the molecule is C=C(C(=O)O)c1cccc2c1ccn2C. The Hall–Kier alpha value is -2.03. The fourth-order valence-corrected chi connectivity index (χ4v) is 1.68. The maximum absolute atomic E-state index is 10.8. The minimum absolute atomic E-state index is 0.131. The Morgan fingerprint density at radius 3 is 2.80 bits per heavy atom. The Labute approximate surface area is 87.3 Å². The lowest BCUT2D eigenvalue weighted by molar-refractivity contribution is -0.130. The molecule has 0 saturated heterocycles. The number of aryl methyl sites for hydroxylation is 1. The normalized spacial score (nSPS) is 10.5. The van der Waals surface area contributed by atoms with Gasteiger partial charge in [0.2, 0.25) is 0 Å². The predicted octanol–water partition coefficient (Wildman–Crippen LogP) is 2.28. The van der Waals surface area contributed by atoms with Crippen molar-refractivity contribution in [1.82, 2.24) is 4.57 Å². The van der Waals surface area contributed by atoms with Crippen molar-refractivity contribution in [3.63, 3.8) is 0 Å². The highest BCUT2D eigenvalue weighted by atomic mass is 16.4. The van der Waals surface area contributed by atoms with Gasteiger partial charge in [-0.05, 0) is 17.7 Å². The number of hydrogen-bond acceptors (Lipinski definition) is 1. The Bertz CT molecular complexity index is 552. The standard InChI is InChI=1S/C12H11NO2/c1-8(12(14)15)9-4-3-5-11-10(9)6-7-13(11)2/h3-7H,1H2,2H3,(H,14,15). The van der Waals surface area contributed by atoms with Crippen LogP contribution in [-0.4, -0.2) is 15.6 Å². The highest BCUT2D eigenvalue weighted by Gasteiger charge is 2.11. The van der Waals surface area contributed by atoms with E-state index in [1.807, 2.05) is 36.0 Å². The van der Waals surface area contributed by atoms with E-state index in [0.29, 0.717) is 5.56 Å². The second-order valence-corrected chi connectivity index (χ2v) is 3.45. The molecule has 0 saturated carbocycles. The molecule has 2 aromatic rings. The van der Waals surface area contributed by atoms with Crippen LogP contribution in [0.25, 0.3) is 16.5 Å². The van der Waals surface area contributed by atoms with Crippen LogP contribution in [-0.2, 0) is 11.8 Å². The Morgan fingerprint density at radius 2 is 2.13 bits per heavy atom. The summed E-state index contributed by atoms with van der Waals surface area (Å²) in [6.45, 7) is 3.58. The third-order valence-electron chi connectivity index (χ3n) is 2.51. The van der Waals surface area contributed by atoms with Gasteiger partial charge in [0, 0.05) is 24.1 Å². The molecule has 0 aliphatic heterocycles. The first-order valence-electron chi connectivity index (χ1n) is 4.58.